The highest BCUT2D eigenvalue weighted by Crippen LogP contribution is 2.25. The van der Waals surface area contributed by atoms with E-state index in [-0.39, 0.29) is 5.91 Å². The number of aryl methyl sites for hydroxylation is 2. The molecule has 6 heteroatoms. The lowest BCUT2D eigenvalue weighted by atomic mass is 10.1. The Hall–Kier alpha value is -2.50. The Bertz CT molecular complexity index is 632. The Balaban J connectivity index is 2.37. The molecule has 1 heterocycles. The summed E-state index contributed by atoms with van der Waals surface area (Å²) in [5.74, 6) is -0.128. The Kier molecular flexibility index (Phi) is 3.93. The second-order valence-electron chi connectivity index (χ2n) is 4.59. The minimum absolute atomic E-state index is 0.128. The van der Waals surface area contributed by atoms with Crippen LogP contribution in [0.15, 0.2) is 24.4 Å². The molecule has 106 valence electrons. The number of carbonyl (C=O) groups is 1. The topological polar surface area (TPSA) is 85.0 Å². The Morgan fingerprint density at radius 2 is 2.15 bits per heavy atom. The normalized spacial score (nSPS) is 10.3. The standard InChI is InChI=1S/C14H19N5O/c1-4-16-14(20)11-6-5-10(15)7-12(11)17-13-8-19(3)18-9(13)2/h5-8,17H,4,15H2,1-3H3,(H,16,20). The fourth-order valence-corrected chi connectivity index (χ4v) is 1.99. The molecular formula is C14H19N5O. The molecule has 0 aliphatic heterocycles. The smallest absolute Gasteiger partial charge is 0.253 e. The van der Waals surface area contributed by atoms with Gasteiger partial charge in [-0.1, -0.05) is 0 Å². The minimum Gasteiger partial charge on any atom is -0.399 e. The molecule has 0 bridgehead atoms. The number of hydrogen-bond donors (Lipinski definition) is 3. The number of amides is 1. The van der Waals surface area contributed by atoms with E-state index in [1.54, 1.807) is 22.9 Å². The molecular weight excluding hydrogens is 254 g/mol. The average Bonchev–Trinajstić information content (AvgIpc) is 2.68. The van der Waals surface area contributed by atoms with Crippen molar-refractivity contribution in [3.05, 3.63) is 35.7 Å². The Morgan fingerprint density at radius 1 is 1.40 bits per heavy atom. The number of nitrogens with two attached hydrogens (primary N) is 1. The van der Waals surface area contributed by atoms with Gasteiger partial charge in [0, 0.05) is 25.5 Å². The molecule has 0 aliphatic carbocycles. The first-order chi connectivity index (χ1) is 9.51. The number of benzene rings is 1. The van der Waals surface area contributed by atoms with Crippen LogP contribution in [0.25, 0.3) is 0 Å². The molecule has 2 rings (SSSR count). The lowest BCUT2D eigenvalue weighted by Gasteiger charge is -2.12. The van der Waals surface area contributed by atoms with Crippen LogP contribution in [0.2, 0.25) is 0 Å². The fraction of sp³-hybridized carbons (Fsp3) is 0.286. The lowest BCUT2D eigenvalue weighted by Crippen LogP contribution is -2.23. The van der Waals surface area contributed by atoms with E-state index in [9.17, 15) is 4.79 Å². The maximum Gasteiger partial charge on any atom is 0.253 e. The van der Waals surface area contributed by atoms with Gasteiger partial charge in [0.25, 0.3) is 5.91 Å². The zero-order valence-corrected chi connectivity index (χ0v) is 11.9. The van der Waals surface area contributed by atoms with Crippen LogP contribution in [0.4, 0.5) is 17.1 Å². The molecule has 0 unspecified atom stereocenters. The molecule has 1 aromatic heterocycles. The summed E-state index contributed by atoms with van der Waals surface area (Å²) < 4.78 is 1.72. The van der Waals surface area contributed by atoms with Crippen molar-refractivity contribution in [3.8, 4) is 0 Å². The van der Waals surface area contributed by atoms with Gasteiger partial charge in [-0.25, -0.2) is 0 Å². The molecule has 0 fully saturated rings. The summed E-state index contributed by atoms with van der Waals surface area (Å²) in [4.78, 5) is 12.0. The SMILES string of the molecule is CCNC(=O)c1ccc(N)cc1Nc1cn(C)nc1C. The van der Waals surface area contributed by atoms with Crippen LogP contribution in [-0.4, -0.2) is 22.2 Å². The van der Waals surface area contributed by atoms with E-state index in [1.807, 2.05) is 27.1 Å². The predicted octanol–water partition coefficient (Wildman–Crippen LogP) is 1.80. The number of nitrogens with zero attached hydrogens (tertiary/aromatic N) is 2. The molecule has 1 aromatic carbocycles. The van der Waals surface area contributed by atoms with Crippen LogP contribution in [0, 0.1) is 6.92 Å². The number of nitrogen functional groups attached to an aromatic ring is 1. The van der Waals surface area contributed by atoms with Crippen molar-refractivity contribution in [3.63, 3.8) is 0 Å². The fourth-order valence-electron chi connectivity index (χ4n) is 1.99. The van der Waals surface area contributed by atoms with Crippen molar-refractivity contribution in [1.82, 2.24) is 15.1 Å². The van der Waals surface area contributed by atoms with Gasteiger partial charge < -0.3 is 16.4 Å². The van der Waals surface area contributed by atoms with Gasteiger partial charge >= 0.3 is 0 Å². The van der Waals surface area contributed by atoms with E-state index >= 15 is 0 Å². The van der Waals surface area contributed by atoms with Crippen LogP contribution < -0.4 is 16.4 Å². The zero-order valence-electron chi connectivity index (χ0n) is 11.9. The molecule has 0 atom stereocenters. The number of rotatable bonds is 4. The average molecular weight is 273 g/mol. The van der Waals surface area contributed by atoms with Gasteiger partial charge in [0.1, 0.15) is 0 Å². The van der Waals surface area contributed by atoms with Crippen molar-refractivity contribution in [2.24, 2.45) is 7.05 Å². The van der Waals surface area contributed by atoms with Gasteiger partial charge in [0.05, 0.1) is 22.6 Å². The second-order valence-corrected chi connectivity index (χ2v) is 4.59. The third-order valence-electron chi connectivity index (χ3n) is 2.91. The van der Waals surface area contributed by atoms with Crippen LogP contribution in [0.3, 0.4) is 0 Å². The van der Waals surface area contributed by atoms with E-state index in [0.717, 1.165) is 11.4 Å². The van der Waals surface area contributed by atoms with Crippen molar-refractivity contribution in [2.75, 3.05) is 17.6 Å². The van der Waals surface area contributed by atoms with Crippen LogP contribution in [0.5, 0.6) is 0 Å². The summed E-state index contributed by atoms with van der Waals surface area (Å²) >= 11 is 0. The van der Waals surface area contributed by atoms with E-state index in [4.69, 9.17) is 5.73 Å². The summed E-state index contributed by atoms with van der Waals surface area (Å²) in [6, 6.07) is 5.18. The minimum atomic E-state index is -0.128. The summed E-state index contributed by atoms with van der Waals surface area (Å²) in [6.45, 7) is 4.36. The molecule has 6 nitrogen and oxygen atoms in total. The summed E-state index contributed by atoms with van der Waals surface area (Å²) in [6.07, 6.45) is 1.86. The number of carbonyl (C=O) groups excluding carboxylic acids is 1. The van der Waals surface area contributed by atoms with Crippen LogP contribution in [0.1, 0.15) is 23.0 Å². The van der Waals surface area contributed by atoms with Gasteiger partial charge in [-0.15, -0.1) is 0 Å². The molecule has 1 amide bonds. The maximum absolute atomic E-state index is 12.0. The summed E-state index contributed by atoms with van der Waals surface area (Å²) in [7, 11) is 1.85. The third kappa shape index (κ3) is 2.90. The quantitative estimate of drug-likeness (QED) is 0.742. The van der Waals surface area contributed by atoms with Gasteiger partial charge in [-0.05, 0) is 32.0 Å². The van der Waals surface area contributed by atoms with Crippen LogP contribution in [-0.2, 0) is 7.05 Å². The first-order valence-electron chi connectivity index (χ1n) is 6.46. The molecule has 2 aromatic rings. The predicted molar refractivity (Wildman–Crippen MR) is 80.1 cm³/mol. The van der Waals surface area contributed by atoms with Gasteiger partial charge in [-0.2, -0.15) is 5.10 Å². The molecule has 0 saturated heterocycles. The molecule has 0 spiro atoms. The summed E-state index contributed by atoms with van der Waals surface area (Å²) in [5.41, 5.74) is 9.35. The highest BCUT2D eigenvalue weighted by molar-refractivity contribution is 6.01. The zero-order chi connectivity index (χ0) is 14.7. The highest BCUT2D eigenvalue weighted by atomic mass is 16.1. The monoisotopic (exact) mass is 273 g/mol. The maximum atomic E-state index is 12.0. The number of hydrogen-bond acceptors (Lipinski definition) is 4. The Labute approximate surface area is 118 Å². The van der Waals surface area contributed by atoms with Gasteiger partial charge in [-0.3, -0.25) is 9.48 Å². The highest BCUT2D eigenvalue weighted by Gasteiger charge is 2.13. The van der Waals surface area contributed by atoms with E-state index in [2.05, 4.69) is 15.7 Å². The molecule has 0 radical (unpaired) electrons. The van der Waals surface area contributed by atoms with E-state index < -0.39 is 0 Å². The largest absolute Gasteiger partial charge is 0.399 e. The second kappa shape index (κ2) is 5.64. The Morgan fingerprint density at radius 3 is 2.75 bits per heavy atom. The van der Waals surface area contributed by atoms with Crippen molar-refractivity contribution >= 4 is 23.0 Å². The van der Waals surface area contributed by atoms with Gasteiger partial charge in [0.2, 0.25) is 0 Å². The number of anilines is 3. The lowest BCUT2D eigenvalue weighted by molar-refractivity contribution is 0.0956. The molecule has 4 N–H and O–H groups in total. The van der Waals surface area contributed by atoms with Gasteiger partial charge in [0.15, 0.2) is 0 Å². The third-order valence-corrected chi connectivity index (χ3v) is 2.91. The van der Waals surface area contributed by atoms with Crippen molar-refractivity contribution < 1.29 is 4.79 Å². The molecule has 20 heavy (non-hydrogen) atoms. The molecule has 0 saturated carbocycles. The number of aromatic nitrogens is 2. The van der Waals surface area contributed by atoms with E-state index in [1.165, 1.54) is 0 Å². The number of nitrogens with one attached hydrogen (secondary N) is 2. The first-order valence-corrected chi connectivity index (χ1v) is 6.46. The first kappa shape index (κ1) is 13.9. The van der Waals surface area contributed by atoms with Crippen molar-refractivity contribution in [1.29, 1.82) is 0 Å². The molecule has 0 aliphatic rings. The summed E-state index contributed by atoms with van der Waals surface area (Å²) in [5, 5.41) is 10.3. The van der Waals surface area contributed by atoms with E-state index in [0.29, 0.717) is 23.5 Å². The van der Waals surface area contributed by atoms with Crippen molar-refractivity contribution in [2.45, 2.75) is 13.8 Å². The van der Waals surface area contributed by atoms with Crippen LogP contribution >= 0.6 is 0 Å².